The van der Waals surface area contributed by atoms with Gasteiger partial charge >= 0.3 is 0 Å². The van der Waals surface area contributed by atoms with Gasteiger partial charge in [0.15, 0.2) is 0 Å². The van der Waals surface area contributed by atoms with E-state index in [9.17, 15) is 4.79 Å². The SMILES string of the molecule is NC1CCCC1C(=O)NCCn1cccc1. The molecule has 2 atom stereocenters. The van der Waals surface area contributed by atoms with Gasteiger partial charge in [-0.15, -0.1) is 0 Å². The molecule has 0 spiro atoms. The Morgan fingerprint density at radius 2 is 2.12 bits per heavy atom. The molecule has 1 fully saturated rings. The smallest absolute Gasteiger partial charge is 0.224 e. The lowest BCUT2D eigenvalue weighted by atomic mass is 10.0. The molecule has 0 aromatic carbocycles. The van der Waals surface area contributed by atoms with Crippen LogP contribution < -0.4 is 11.1 Å². The highest BCUT2D eigenvalue weighted by Gasteiger charge is 2.29. The quantitative estimate of drug-likeness (QED) is 0.787. The lowest BCUT2D eigenvalue weighted by Gasteiger charge is -2.15. The second-order valence-electron chi connectivity index (χ2n) is 4.41. The molecule has 0 radical (unpaired) electrons. The van der Waals surface area contributed by atoms with Gasteiger partial charge in [0.25, 0.3) is 0 Å². The van der Waals surface area contributed by atoms with Gasteiger partial charge in [0.2, 0.25) is 5.91 Å². The summed E-state index contributed by atoms with van der Waals surface area (Å²) in [4.78, 5) is 11.8. The summed E-state index contributed by atoms with van der Waals surface area (Å²) in [6, 6.07) is 4.02. The van der Waals surface area contributed by atoms with Crippen LogP contribution in [0.4, 0.5) is 0 Å². The van der Waals surface area contributed by atoms with Crippen molar-refractivity contribution < 1.29 is 4.79 Å². The molecule has 1 aromatic heterocycles. The highest BCUT2D eigenvalue weighted by Crippen LogP contribution is 2.23. The second kappa shape index (κ2) is 5.16. The van der Waals surface area contributed by atoms with Crippen molar-refractivity contribution in [2.75, 3.05) is 6.54 Å². The maximum Gasteiger partial charge on any atom is 0.224 e. The molecular weight excluding hydrogens is 202 g/mol. The van der Waals surface area contributed by atoms with Crippen molar-refractivity contribution in [3.8, 4) is 0 Å². The Hall–Kier alpha value is -1.29. The van der Waals surface area contributed by atoms with E-state index in [1.807, 2.05) is 24.5 Å². The highest BCUT2D eigenvalue weighted by atomic mass is 16.1. The minimum Gasteiger partial charge on any atom is -0.354 e. The van der Waals surface area contributed by atoms with Crippen molar-refractivity contribution in [2.45, 2.75) is 31.8 Å². The van der Waals surface area contributed by atoms with Crippen LogP contribution in [-0.2, 0) is 11.3 Å². The Kier molecular flexibility index (Phi) is 3.62. The highest BCUT2D eigenvalue weighted by molar-refractivity contribution is 5.79. The van der Waals surface area contributed by atoms with Gasteiger partial charge in [0.1, 0.15) is 0 Å². The largest absolute Gasteiger partial charge is 0.354 e. The first-order valence-corrected chi connectivity index (χ1v) is 5.91. The number of carbonyl (C=O) groups is 1. The van der Waals surface area contributed by atoms with Crippen molar-refractivity contribution in [1.29, 1.82) is 0 Å². The van der Waals surface area contributed by atoms with Crippen LogP contribution in [0.15, 0.2) is 24.5 Å². The lowest BCUT2D eigenvalue weighted by Crippen LogP contribution is -2.39. The number of hydrogen-bond donors (Lipinski definition) is 2. The Labute approximate surface area is 95.8 Å². The van der Waals surface area contributed by atoms with Gasteiger partial charge in [-0.1, -0.05) is 6.42 Å². The third-order valence-corrected chi connectivity index (χ3v) is 3.24. The molecule has 4 nitrogen and oxygen atoms in total. The number of hydrogen-bond acceptors (Lipinski definition) is 2. The first-order valence-electron chi connectivity index (χ1n) is 5.91. The number of nitrogens with one attached hydrogen (secondary N) is 1. The van der Waals surface area contributed by atoms with Crippen molar-refractivity contribution in [2.24, 2.45) is 11.7 Å². The molecule has 1 aliphatic rings. The van der Waals surface area contributed by atoms with Gasteiger partial charge in [-0.2, -0.15) is 0 Å². The zero-order chi connectivity index (χ0) is 11.4. The van der Waals surface area contributed by atoms with Crippen LogP contribution in [0.2, 0.25) is 0 Å². The second-order valence-corrected chi connectivity index (χ2v) is 4.41. The van der Waals surface area contributed by atoms with Crippen LogP contribution >= 0.6 is 0 Å². The van der Waals surface area contributed by atoms with Gasteiger partial charge in [-0.05, 0) is 25.0 Å². The molecule has 2 rings (SSSR count). The van der Waals surface area contributed by atoms with Gasteiger partial charge in [0.05, 0.1) is 5.92 Å². The molecule has 16 heavy (non-hydrogen) atoms. The number of nitrogens with two attached hydrogens (primary N) is 1. The van der Waals surface area contributed by atoms with E-state index in [0.717, 1.165) is 25.8 Å². The van der Waals surface area contributed by atoms with E-state index in [0.29, 0.717) is 6.54 Å². The van der Waals surface area contributed by atoms with Crippen LogP contribution in [0.1, 0.15) is 19.3 Å². The van der Waals surface area contributed by atoms with Gasteiger partial charge in [-0.3, -0.25) is 4.79 Å². The van der Waals surface area contributed by atoms with E-state index in [1.54, 1.807) is 0 Å². The number of nitrogens with zero attached hydrogens (tertiary/aromatic N) is 1. The van der Waals surface area contributed by atoms with Crippen molar-refractivity contribution in [3.63, 3.8) is 0 Å². The molecule has 1 saturated carbocycles. The van der Waals surface area contributed by atoms with Crippen LogP contribution in [-0.4, -0.2) is 23.1 Å². The number of aromatic nitrogens is 1. The third-order valence-electron chi connectivity index (χ3n) is 3.24. The van der Waals surface area contributed by atoms with Crippen LogP contribution in [0.25, 0.3) is 0 Å². The maximum absolute atomic E-state index is 11.8. The van der Waals surface area contributed by atoms with Crippen LogP contribution in [0.3, 0.4) is 0 Å². The number of rotatable bonds is 4. The maximum atomic E-state index is 11.8. The summed E-state index contributed by atoms with van der Waals surface area (Å²) in [5.41, 5.74) is 5.88. The lowest BCUT2D eigenvalue weighted by molar-refractivity contribution is -0.125. The number of amides is 1. The first-order chi connectivity index (χ1) is 7.77. The molecule has 1 aliphatic carbocycles. The summed E-state index contributed by atoms with van der Waals surface area (Å²) in [6.07, 6.45) is 6.99. The molecule has 1 amide bonds. The summed E-state index contributed by atoms with van der Waals surface area (Å²) in [7, 11) is 0. The molecule has 2 unspecified atom stereocenters. The average molecular weight is 221 g/mol. The fraction of sp³-hybridized carbons (Fsp3) is 0.583. The molecule has 0 aliphatic heterocycles. The summed E-state index contributed by atoms with van der Waals surface area (Å²) in [6.45, 7) is 1.50. The minimum atomic E-state index is 0.0321. The zero-order valence-electron chi connectivity index (χ0n) is 9.43. The number of carbonyl (C=O) groups excluding carboxylic acids is 1. The van der Waals surface area contributed by atoms with E-state index in [1.165, 1.54) is 0 Å². The van der Waals surface area contributed by atoms with Crippen molar-refractivity contribution >= 4 is 5.91 Å². The molecular formula is C12H19N3O. The van der Waals surface area contributed by atoms with Crippen molar-refractivity contribution in [1.82, 2.24) is 9.88 Å². The Morgan fingerprint density at radius 1 is 1.38 bits per heavy atom. The standard InChI is InChI=1S/C12H19N3O/c13-11-5-3-4-10(11)12(16)14-6-9-15-7-1-2-8-15/h1-2,7-8,10-11H,3-6,9,13H2,(H,14,16). The summed E-state index contributed by atoms with van der Waals surface area (Å²) < 4.78 is 2.05. The molecule has 1 aromatic rings. The van der Waals surface area contributed by atoms with E-state index in [-0.39, 0.29) is 17.9 Å². The van der Waals surface area contributed by atoms with Crippen LogP contribution in [0, 0.1) is 5.92 Å². The van der Waals surface area contributed by atoms with Gasteiger partial charge in [-0.25, -0.2) is 0 Å². The Bertz CT molecular complexity index is 334. The van der Waals surface area contributed by atoms with Crippen LogP contribution in [0.5, 0.6) is 0 Å². The molecule has 1 heterocycles. The first kappa shape index (κ1) is 11.2. The summed E-state index contributed by atoms with van der Waals surface area (Å²) in [5.74, 6) is 0.154. The molecule has 3 N–H and O–H groups in total. The predicted octanol–water partition coefficient (Wildman–Crippen LogP) is 0.732. The topological polar surface area (TPSA) is 60.1 Å². The zero-order valence-corrected chi connectivity index (χ0v) is 9.43. The van der Waals surface area contributed by atoms with Crippen molar-refractivity contribution in [3.05, 3.63) is 24.5 Å². The monoisotopic (exact) mass is 221 g/mol. The van der Waals surface area contributed by atoms with E-state index in [2.05, 4.69) is 9.88 Å². The fourth-order valence-electron chi connectivity index (χ4n) is 2.27. The third kappa shape index (κ3) is 2.64. The predicted molar refractivity (Wildman–Crippen MR) is 62.8 cm³/mol. The minimum absolute atomic E-state index is 0.0321. The molecule has 0 saturated heterocycles. The van der Waals surface area contributed by atoms with E-state index < -0.39 is 0 Å². The normalized spacial score (nSPS) is 24.6. The van der Waals surface area contributed by atoms with E-state index in [4.69, 9.17) is 5.73 Å². The van der Waals surface area contributed by atoms with Gasteiger partial charge in [0, 0.05) is 31.5 Å². The van der Waals surface area contributed by atoms with E-state index >= 15 is 0 Å². The Balaban J connectivity index is 1.71. The fourth-order valence-corrected chi connectivity index (χ4v) is 2.27. The average Bonchev–Trinajstić information content (AvgIpc) is 2.88. The molecule has 4 heteroatoms. The van der Waals surface area contributed by atoms with Gasteiger partial charge < -0.3 is 15.6 Å². The molecule has 0 bridgehead atoms. The summed E-state index contributed by atoms with van der Waals surface area (Å²) in [5, 5.41) is 2.95. The Morgan fingerprint density at radius 3 is 2.75 bits per heavy atom. The molecule has 88 valence electrons. The summed E-state index contributed by atoms with van der Waals surface area (Å²) >= 11 is 0.